The topological polar surface area (TPSA) is 78.9 Å². The van der Waals surface area contributed by atoms with Crippen LogP contribution < -0.4 is 0 Å². The van der Waals surface area contributed by atoms with Gasteiger partial charge in [0.2, 0.25) is 0 Å². The third-order valence-electron chi connectivity index (χ3n) is 5.84. The number of esters is 3. The van der Waals surface area contributed by atoms with E-state index in [0.717, 1.165) is 44.9 Å². The summed E-state index contributed by atoms with van der Waals surface area (Å²) >= 11 is 0. The largest absolute Gasteiger partial charge is 0.466 e. The molecule has 0 saturated carbocycles. The third-order valence-corrected chi connectivity index (χ3v) is 5.84. The molecular formula is C28H52O6. The van der Waals surface area contributed by atoms with Crippen molar-refractivity contribution < 1.29 is 28.6 Å². The van der Waals surface area contributed by atoms with Crippen molar-refractivity contribution in [2.75, 3.05) is 19.8 Å². The molecule has 0 aliphatic carbocycles. The van der Waals surface area contributed by atoms with Gasteiger partial charge in [0.1, 0.15) is 0 Å². The molecule has 0 aromatic rings. The fourth-order valence-corrected chi connectivity index (χ4v) is 3.53. The Labute approximate surface area is 208 Å². The molecule has 0 amide bonds. The summed E-state index contributed by atoms with van der Waals surface area (Å²) in [7, 11) is 0. The van der Waals surface area contributed by atoms with Gasteiger partial charge in [-0.1, -0.05) is 91.9 Å². The molecule has 0 N–H and O–H groups in total. The van der Waals surface area contributed by atoms with E-state index >= 15 is 0 Å². The Morgan fingerprint density at radius 3 is 1.47 bits per heavy atom. The molecule has 0 aliphatic rings. The molecule has 6 nitrogen and oxygen atoms in total. The summed E-state index contributed by atoms with van der Waals surface area (Å²) in [5.74, 6) is -0.785. The second-order valence-corrected chi connectivity index (χ2v) is 9.87. The van der Waals surface area contributed by atoms with E-state index in [2.05, 4.69) is 27.7 Å². The van der Waals surface area contributed by atoms with E-state index in [1.165, 1.54) is 38.5 Å². The van der Waals surface area contributed by atoms with Gasteiger partial charge in [-0.05, 0) is 25.2 Å². The fraction of sp³-hybridized carbons (Fsp3) is 0.893. The maximum atomic E-state index is 12.2. The van der Waals surface area contributed by atoms with E-state index in [0.29, 0.717) is 25.4 Å². The van der Waals surface area contributed by atoms with Gasteiger partial charge >= 0.3 is 17.9 Å². The summed E-state index contributed by atoms with van der Waals surface area (Å²) in [6, 6.07) is 0. The lowest BCUT2D eigenvalue weighted by Gasteiger charge is -2.17. The molecule has 0 saturated heterocycles. The van der Waals surface area contributed by atoms with Crippen molar-refractivity contribution in [2.45, 2.75) is 130 Å². The van der Waals surface area contributed by atoms with Gasteiger partial charge in [-0.2, -0.15) is 0 Å². The third kappa shape index (κ3) is 22.2. The Balaban J connectivity index is 4.36. The highest BCUT2D eigenvalue weighted by molar-refractivity contribution is 5.71. The molecule has 0 aromatic heterocycles. The normalized spacial score (nSPS) is 11.1. The van der Waals surface area contributed by atoms with Gasteiger partial charge in [0.25, 0.3) is 0 Å². The van der Waals surface area contributed by atoms with Crippen LogP contribution in [0, 0.1) is 11.8 Å². The van der Waals surface area contributed by atoms with E-state index in [4.69, 9.17) is 14.2 Å². The summed E-state index contributed by atoms with van der Waals surface area (Å²) < 4.78 is 16.1. The highest BCUT2D eigenvalue weighted by Crippen LogP contribution is 2.13. The minimum absolute atomic E-state index is 0.0677. The summed E-state index contributed by atoms with van der Waals surface area (Å²) in [6.45, 7) is 9.02. The van der Waals surface area contributed by atoms with Gasteiger partial charge in [0.15, 0.2) is 0 Å². The zero-order valence-electron chi connectivity index (χ0n) is 22.5. The van der Waals surface area contributed by atoms with Crippen LogP contribution in [0.4, 0.5) is 0 Å². The molecule has 200 valence electrons. The van der Waals surface area contributed by atoms with Gasteiger partial charge in [-0.25, -0.2) is 0 Å². The molecular weight excluding hydrogens is 432 g/mol. The van der Waals surface area contributed by atoms with Crippen LogP contribution in [-0.4, -0.2) is 37.7 Å². The molecule has 0 rings (SSSR count). The van der Waals surface area contributed by atoms with E-state index in [-0.39, 0.29) is 43.5 Å². The van der Waals surface area contributed by atoms with Crippen LogP contribution in [0.5, 0.6) is 0 Å². The predicted octanol–water partition coefficient (Wildman–Crippen LogP) is 7.17. The quantitative estimate of drug-likeness (QED) is 0.0869. The average molecular weight is 485 g/mol. The van der Waals surface area contributed by atoms with Crippen LogP contribution in [0.2, 0.25) is 0 Å². The first kappa shape index (κ1) is 32.4. The van der Waals surface area contributed by atoms with E-state index in [1.807, 2.05) is 0 Å². The Morgan fingerprint density at radius 1 is 0.588 bits per heavy atom. The Bertz CT molecular complexity index is 485. The fourth-order valence-electron chi connectivity index (χ4n) is 3.53. The van der Waals surface area contributed by atoms with Gasteiger partial charge in [0.05, 0.1) is 26.2 Å². The number of hydrogen-bond donors (Lipinski definition) is 0. The molecule has 0 unspecified atom stereocenters. The van der Waals surface area contributed by atoms with E-state index in [9.17, 15) is 14.4 Å². The minimum atomic E-state index is -0.381. The van der Waals surface area contributed by atoms with Gasteiger partial charge in [0, 0.05) is 18.8 Å². The summed E-state index contributed by atoms with van der Waals surface area (Å²) in [6.07, 6.45) is 14.9. The smallest absolute Gasteiger partial charge is 0.306 e. The Kier molecular flexibility index (Phi) is 22.1. The average Bonchev–Trinajstić information content (AvgIpc) is 2.80. The van der Waals surface area contributed by atoms with E-state index in [1.54, 1.807) is 0 Å². The number of carbonyl (C=O) groups is 3. The molecule has 0 radical (unpaired) electrons. The second-order valence-electron chi connectivity index (χ2n) is 9.87. The van der Waals surface area contributed by atoms with Crippen molar-refractivity contribution in [3.8, 4) is 0 Å². The van der Waals surface area contributed by atoms with Gasteiger partial charge in [-0.3, -0.25) is 14.4 Å². The zero-order chi connectivity index (χ0) is 25.4. The van der Waals surface area contributed by atoms with Crippen LogP contribution in [0.15, 0.2) is 0 Å². The van der Waals surface area contributed by atoms with Crippen LogP contribution in [0.3, 0.4) is 0 Å². The zero-order valence-corrected chi connectivity index (χ0v) is 22.5. The van der Waals surface area contributed by atoms with Crippen molar-refractivity contribution in [2.24, 2.45) is 11.8 Å². The highest BCUT2D eigenvalue weighted by atomic mass is 16.6. The van der Waals surface area contributed by atoms with E-state index < -0.39 is 0 Å². The van der Waals surface area contributed by atoms with Crippen molar-refractivity contribution in [1.29, 1.82) is 0 Å². The molecule has 34 heavy (non-hydrogen) atoms. The van der Waals surface area contributed by atoms with Crippen LogP contribution in [0.1, 0.15) is 130 Å². The lowest BCUT2D eigenvalue weighted by Crippen LogP contribution is -2.24. The SMILES string of the molecule is CCCCCCCCC(=O)OCC(COC(=O)CCCCCCCC)CC(=O)OCCC(C)C. The standard InChI is InChI=1S/C28H52O6/c1-5-7-9-11-13-15-17-26(29)33-22-25(21-28(31)32-20-19-24(3)4)23-34-27(30)18-16-14-12-10-8-6-2/h24-25H,5-23H2,1-4H3. The first-order valence-corrected chi connectivity index (χ1v) is 13.9. The number of rotatable bonds is 23. The number of unbranched alkanes of at least 4 members (excludes halogenated alkanes) is 10. The number of hydrogen-bond acceptors (Lipinski definition) is 6. The van der Waals surface area contributed by atoms with Crippen LogP contribution >= 0.6 is 0 Å². The summed E-state index contributed by atoms with van der Waals surface area (Å²) in [5.41, 5.74) is 0. The second kappa shape index (κ2) is 23.2. The maximum absolute atomic E-state index is 12.2. The molecule has 0 heterocycles. The molecule has 0 bridgehead atoms. The van der Waals surface area contributed by atoms with Gasteiger partial charge < -0.3 is 14.2 Å². The maximum Gasteiger partial charge on any atom is 0.306 e. The molecule has 0 aliphatic heterocycles. The number of carbonyl (C=O) groups excluding carboxylic acids is 3. The lowest BCUT2D eigenvalue weighted by atomic mass is 10.1. The minimum Gasteiger partial charge on any atom is -0.466 e. The Morgan fingerprint density at radius 2 is 1.03 bits per heavy atom. The molecule has 0 spiro atoms. The molecule has 0 aromatic carbocycles. The summed E-state index contributed by atoms with van der Waals surface area (Å²) in [5, 5.41) is 0. The number of ether oxygens (including phenoxy) is 3. The van der Waals surface area contributed by atoms with Crippen LogP contribution in [-0.2, 0) is 28.6 Å². The molecule has 6 heteroatoms. The molecule has 0 fully saturated rings. The van der Waals surface area contributed by atoms with Gasteiger partial charge in [-0.15, -0.1) is 0 Å². The van der Waals surface area contributed by atoms with Crippen molar-refractivity contribution >= 4 is 17.9 Å². The Hall–Kier alpha value is -1.59. The van der Waals surface area contributed by atoms with Crippen molar-refractivity contribution in [1.82, 2.24) is 0 Å². The monoisotopic (exact) mass is 484 g/mol. The summed E-state index contributed by atoms with van der Waals surface area (Å²) in [4.78, 5) is 36.4. The highest BCUT2D eigenvalue weighted by Gasteiger charge is 2.20. The first-order chi connectivity index (χ1) is 16.4. The van der Waals surface area contributed by atoms with Crippen molar-refractivity contribution in [3.63, 3.8) is 0 Å². The lowest BCUT2D eigenvalue weighted by molar-refractivity contribution is -0.154. The predicted molar refractivity (Wildman–Crippen MR) is 136 cm³/mol. The van der Waals surface area contributed by atoms with Crippen LogP contribution in [0.25, 0.3) is 0 Å². The molecule has 0 atom stereocenters. The first-order valence-electron chi connectivity index (χ1n) is 13.9. The van der Waals surface area contributed by atoms with Crippen molar-refractivity contribution in [3.05, 3.63) is 0 Å².